The Balaban J connectivity index is 1.64. The molecule has 3 heteroatoms. The van der Waals surface area contributed by atoms with E-state index < -0.39 is 0 Å². The first-order valence-corrected chi connectivity index (χ1v) is 6.80. The predicted octanol–water partition coefficient (Wildman–Crippen LogP) is 2.26. The molecule has 0 aromatic carbocycles. The van der Waals surface area contributed by atoms with Gasteiger partial charge in [0.05, 0.1) is 13.2 Å². The molecule has 16 heavy (non-hydrogen) atoms. The molecule has 2 aliphatic rings. The predicted molar refractivity (Wildman–Crippen MR) is 64.4 cm³/mol. The van der Waals surface area contributed by atoms with Crippen LogP contribution in [0.4, 0.5) is 0 Å². The summed E-state index contributed by atoms with van der Waals surface area (Å²) in [6.45, 7) is 7.78. The summed E-state index contributed by atoms with van der Waals surface area (Å²) in [5.41, 5.74) is 0. The van der Waals surface area contributed by atoms with E-state index in [0.29, 0.717) is 0 Å². The number of hydrogen-bond donors (Lipinski definition) is 0. The van der Waals surface area contributed by atoms with E-state index in [1.807, 2.05) is 0 Å². The molecule has 2 fully saturated rings. The third kappa shape index (κ3) is 4.04. The fourth-order valence-electron chi connectivity index (χ4n) is 2.54. The van der Waals surface area contributed by atoms with Gasteiger partial charge in [-0.3, -0.25) is 0 Å². The molecule has 2 saturated heterocycles. The number of rotatable bonds is 3. The van der Waals surface area contributed by atoms with Crippen molar-refractivity contribution in [1.82, 2.24) is 4.90 Å². The Morgan fingerprint density at radius 2 is 1.88 bits per heavy atom. The molecule has 0 aromatic rings. The van der Waals surface area contributed by atoms with Gasteiger partial charge < -0.3 is 14.4 Å². The molecular formula is C13H25NO2. The number of hydrogen-bond acceptors (Lipinski definition) is 3. The normalized spacial score (nSPS) is 30.2. The van der Waals surface area contributed by atoms with Crippen molar-refractivity contribution in [2.75, 3.05) is 32.8 Å². The van der Waals surface area contributed by atoms with Crippen molar-refractivity contribution < 1.29 is 9.47 Å². The lowest BCUT2D eigenvalue weighted by molar-refractivity contribution is -0.182. The van der Waals surface area contributed by atoms with E-state index in [4.69, 9.17) is 9.47 Å². The standard InChI is InChI=1S/C13H25NO2/c1-12-4-2-7-14(8-5-12)9-6-13-15-10-3-11-16-13/h12-13H,2-11H2,1H3. The summed E-state index contributed by atoms with van der Waals surface area (Å²) in [7, 11) is 0. The molecule has 2 rings (SSSR count). The van der Waals surface area contributed by atoms with Crippen molar-refractivity contribution in [2.45, 2.75) is 45.3 Å². The third-order valence-electron chi connectivity index (χ3n) is 3.69. The first-order chi connectivity index (χ1) is 7.84. The molecular weight excluding hydrogens is 202 g/mol. The number of nitrogens with zero attached hydrogens (tertiary/aromatic N) is 1. The zero-order chi connectivity index (χ0) is 11.2. The highest BCUT2D eigenvalue weighted by molar-refractivity contribution is 4.68. The second kappa shape index (κ2) is 6.58. The van der Waals surface area contributed by atoms with Crippen LogP contribution in [-0.4, -0.2) is 44.0 Å². The van der Waals surface area contributed by atoms with Crippen LogP contribution in [0.1, 0.15) is 39.0 Å². The average molecular weight is 227 g/mol. The molecule has 94 valence electrons. The van der Waals surface area contributed by atoms with E-state index in [9.17, 15) is 0 Å². The monoisotopic (exact) mass is 227 g/mol. The molecule has 0 amide bonds. The largest absolute Gasteiger partial charge is 0.353 e. The molecule has 1 atom stereocenters. The molecule has 0 aromatic heterocycles. The highest BCUT2D eigenvalue weighted by Crippen LogP contribution is 2.17. The molecule has 0 bridgehead atoms. The maximum Gasteiger partial charge on any atom is 0.158 e. The van der Waals surface area contributed by atoms with E-state index in [2.05, 4.69) is 11.8 Å². The first-order valence-electron chi connectivity index (χ1n) is 6.80. The quantitative estimate of drug-likeness (QED) is 0.738. The number of likely N-dealkylation sites (tertiary alicyclic amines) is 1. The van der Waals surface area contributed by atoms with E-state index in [0.717, 1.165) is 38.5 Å². The Morgan fingerprint density at radius 1 is 1.06 bits per heavy atom. The minimum atomic E-state index is 0.0643. The van der Waals surface area contributed by atoms with Crippen LogP contribution < -0.4 is 0 Å². The Morgan fingerprint density at radius 3 is 2.69 bits per heavy atom. The maximum atomic E-state index is 5.57. The summed E-state index contributed by atoms with van der Waals surface area (Å²) in [5, 5.41) is 0. The van der Waals surface area contributed by atoms with E-state index in [1.165, 1.54) is 32.4 Å². The zero-order valence-electron chi connectivity index (χ0n) is 10.5. The summed E-state index contributed by atoms with van der Waals surface area (Å²) >= 11 is 0. The summed E-state index contributed by atoms with van der Waals surface area (Å²) in [4.78, 5) is 2.57. The van der Waals surface area contributed by atoms with Gasteiger partial charge in [0.1, 0.15) is 0 Å². The summed E-state index contributed by atoms with van der Waals surface area (Å²) in [6, 6.07) is 0. The van der Waals surface area contributed by atoms with Crippen LogP contribution in [0, 0.1) is 5.92 Å². The van der Waals surface area contributed by atoms with Crippen molar-refractivity contribution in [3.63, 3.8) is 0 Å². The summed E-state index contributed by atoms with van der Waals surface area (Å²) in [5.74, 6) is 0.909. The maximum absolute atomic E-state index is 5.57. The highest BCUT2D eigenvalue weighted by Gasteiger charge is 2.17. The minimum absolute atomic E-state index is 0.0643. The van der Waals surface area contributed by atoms with Crippen LogP contribution in [0.25, 0.3) is 0 Å². The lowest BCUT2D eigenvalue weighted by Gasteiger charge is -2.26. The van der Waals surface area contributed by atoms with Gasteiger partial charge in [0.15, 0.2) is 6.29 Å². The molecule has 1 unspecified atom stereocenters. The second-order valence-corrected chi connectivity index (χ2v) is 5.19. The molecule has 2 aliphatic heterocycles. The molecule has 0 aliphatic carbocycles. The van der Waals surface area contributed by atoms with Crippen molar-refractivity contribution in [2.24, 2.45) is 5.92 Å². The van der Waals surface area contributed by atoms with Gasteiger partial charge in [-0.1, -0.05) is 6.92 Å². The van der Waals surface area contributed by atoms with Gasteiger partial charge in [0.2, 0.25) is 0 Å². The van der Waals surface area contributed by atoms with Crippen LogP contribution in [0.15, 0.2) is 0 Å². The van der Waals surface area contributed by atoms with Crippen molar-refractivity contribution >= 4 is 0 Å². The molecule has 0 radical (unpaired) electrons. The molecule has 0 N–H and O–H groups in total. The van der Waals surface area contributed by atoms with Gasteiger partial charge in [-0.05, 0) is 44.7 Å². The average Bonchev–Trinajstić information content (AvgIpc) is 2.53. The van der Waals surface area contributed by atoms with Crippen LogP contribution >= 0.6 is 0 Å². The van der Waals surface area contributed by atoms with E-state index >= 15 is 0 Å². The Bertz CT molecular complexity index is 192. The molecule has 3 nitrogen and oxygen atoms in total. The smallest absolute Gasteiger partial charge is 0.158 e. The Kier molecular flexibility index (Phi) is 5.07. The Labute approximate surface area is 99.1 Å². The molecule has 0 spiro atoms. The topological polar surface area (TPSA) is 21.7 Å². The van der Waals surface area contributed by atoms with Gasteiger partial charge in [-0.25, -0.2) is 0 Å². The van der Waals surface area contributed by atoms with Gasteiger partial charge in [0.25, 0.3) is 0 Å². The zero-order valence-corrected chi connectivity index (χ0v) is 10.5. The van der Waals surface area contributed by atoms with Crippen molar-refractivity contribution in [3.05, 3.63) is 0 Å². The van der Waals surface area contributed by atoms with Gasteiger partial charge in [-0.15, -0.1) is 0 Å². The van der Waals surface area contributed by atoms with Crippen molar-refractivity contribution in [3.8, 4) is 0 Å². The summed E-state index contributed by atoms with van der Waals surface area (Å²) in [6.07, 6.45) is 6.26. The van der Waals surface area contributed by atoms with E-state index in [-0.39, 0.29) is 6.29 Å². The van der Waals surface area contributed by atoms with Crippen LogP contribution in [0.3, 0.4) is 0 Å². The van der Waals surface area contributed by atoms with Crippen LogP contribution in [0.5, 0.6) is 0 Å². The third-order valence-corrected chi connectivity index (χ3v) is 3.69. The van der Waals surface area contributed by atoms with Gasteiger partial charge in [0, 0.05) is 13.0 Å². The number of ether oxygens (including phenoxy) is 2. The minimum Gasteiger partial charge on any atom is -0.353 e. The fourth-order valence-corrected chi connectivity index (χ4v) is 2.54. The Hall–Kier alpha value is -0.120. The van der Waals surface area contributed by atoms with Gasteiger partial charge in [-0.2, -0.15) is 0 Å². The van der Waals surface area contributed by atoms with Crippen LogP contribution in [-0.2, 0) is 9.47 Å². The second-order valence-electron chi connectivity index (χ2n) is 5.19. The lowest BCUT2D eigenvalue weighted by atomic mass is 10.0. The lowest BCUT2D eigenvalue weighted by Crippen LogP contribution is -2.32. The fraction of sp³-hybridized carbons (Fsp3) is 1.00. The SMILES string of the molecule is CC1CCCN(CCC2OCCCO2)CC1. The first kappa shape index (κ1) is 12.3. The van der Waals surface area contributed by atoms with Gasteiger partial charge >= 0.3 is 0 Å². The van der Waals surface area contributed by atoms with E-state index in [1.54, 1.807) is 0 Å². The summed E-state index contributed by atoms with van der Waals surface area (Å²) < 4.78 is 11.1. The highest BCUT2D eigenvalue weighted by atomic mass is 16.7. The van der Waals surface area contributed by atoms with Crippen molar-refractivity contribution in [1.29, 1.82) is 0 Å². The van der Waals surface area contributed by atoms with Crippen LogP contribution in [0.2, 0.25) is 0 Å². The molecule has 0 saturated carbocycles. The molecule has 2 heterocycles.